The van der Waals surface area contributed by atoms with Gasteiger partial charge in [-0.3, -0.25) is 4.98 Å². The monoisotopic (exact) mass is 217 g/mol. The first-order valence-electron chi connectivity index (χ1n) is 5.25. The van der Waals surface area contributed by atoms with Gasteiger partial charge in [0.2, 0.25) is 0 Å². The second-order valence-electron chi connectivity index (χ2n) is 3.65. The molecule has 2 heterocycles. The van der Waals surface area contributed by atoms with Gasteiger partial charge in [0.05, 0.1) is 23.9 Å². The smallest absolute Gasteiger partial charge is 0.144 e. The average Bonchev–Trinajstić information content (AvgIpc) is 2.76. The van der Waals surface area contributed by atoms with E-state index in [2.05, 4.69) is 20.3 Å². The van der Waals surface area contributed by atoms with Crippen molar-refractivity contribution in [3.8, 4) is 0 Å². The normalized spacial score (nSPS) is 10.4. The quantitative estimate of drug-likeness (QED) is 0.841. The van der Waals surface area contributed by atoms with Crippen molar-refractivity contribution in [2.45, 2.75) is 20.4 Å². The summed E-state index contributed by atoms with van der Waals surface area (Å²) in [6, 6.07) is 0. The highest BCUT2D eigenvalue weighted by molar-refractivity contribution is 5.32. The number of nitrogens with zero attached hydrogens (tertiary/aromatic N) is 4. The van der Waals surface area contributed by atoms with Crippen molar-refractivity contribution in [1.29, 1.82) is 0 Å². The number of aromatic nitrogens is 4. The molecule has 0 aliphatic carbocycles. The molecule has 0 unspecified atom stereocenters. The van der Waals surface area contributed by atoms with Gasteiger partial charge >= 0.3 is 0 Å². The largest absolute Gasteiger partial charge is 0.367 e. The molecule has 0 spiro atoms. The fourth-order valence-corrected chi connectivity index (χ4v) is 1.36. The van der Waals surface area contributed by atoms with Crippen molar-refractivity contribution in [1.82, 2.24) is 19.5 Å². The lowest BCUT2D eigenvalue weighted by molar-refractivity contribution is 0.724. The summed E-state index contributed by atoms with van der Waals surface area (Å²) in [4.78, 5) is 12.6. The van der Waals surface area contributed by atoms with Gasteiger partial charge in [-0.1, -0.05) is 0 Å². The molecule has 1 N–H and O–H groups in total. The van der Waals surface area contributed by atoms with Gasteiger partial charge in [-0.15, -0.1) is 0 Å². The molecule has 0 aliphatic rings. The zero-order valence-electron chi connectivity index (χ0n) is 9.51. The van der Waals surface area contributed by atoms with E-state index in [4.69, 9.17) is 0 Å². The van der Waals surface area contributed by atoms with Crippen LogP contribution < -0.4 is 5.32 Å². The first-order chi connectivity index (χ1) is 7.75. The Morgan fingerprint density at radius 3 is 2.88 bits per heavy atom. The molecular formula is C11H15N5. The Balaban J connectivity index is 1.87. The van der Waals surface area contributed by atoms with Gasteiger partial charge in [0.1, 0.15) is 5.82 Å². The number of hydrogen-bond donors (Lipinski definition) is 1. The Morgan fingerprint density at radius 2 is 2.19 bits per heavy atom. The third kappa shape index (κ3) is 2.56. The van der Waals surface area contributed by atoms with E-state index in [0.717, 1.165) is 30.3 Å². The fraction of sp³-hybridized carbons (Fsp3) is 0.364. The van der Waals surface area contributed by atoms with Crippen LogP contribution in [0.25, 0.3) is 0 Å². The molecule has 2 aromatic rings. The summed E-state index contributed by atoms with van der Waals surface area (Å²) < 4.78 is 2.02. The van der Waals surface area contributed by atoms with Crippen LogP contribution in [0.3, 0.4) is 0 Å². The first kappa shape index (κ1) is 10.6. The van der Waals surface area contributed by atoms with Crippen LogP contribution in [0.2, 0.25) is 0 Å². The lowest BCUT2D eigenvalue weighted by Gasteiger charge is -2.07. The second-order valence-corrected chi connectivity index (χ2v) is 3.65. The minimum atomic E-state index is 0.813. The maximum Gasteiger partial charge on any atom is 0.144 e. The number of aryl methyl sites for hydroxylation is 2. The topological polar surface area (TPSA) is 55.6 Å². The molecule has 0 aromatic carbocycles. The van der Waals surface area contributed by atoms with Crippen molar-refractivity contribution >= 4 is 5.82 Å². The lowest BCUT2D eigenvalue weighted by atomic mass is 10.3. The highest BCUT2D eigenvalue weighted by Gasteiger charge is 1.98. The first-order valence-corrected chi connectivity index (χ1v) is 5.25. The van der Waals surface area contributed by atoms with Crippen LogP contribution in [0.1, 0.15) is 11.4 Å². The molecule has 84 valence electrons. The molecule has 16 heavy (non-hydrogen) atoms. The Labute approximate surface area is 94.6 Å². The van der Waals surface area contributed by atoms with Gasteiger partial charge < -0.3 is 9.88 Å². The molecule has 5 heteroatoms. The Kier molecular flexibility index (Phi) is 3.14. The Hall–Kier alpha value is -1.91. The third-order valence-electron chi connectivity index (χ3n) is 2.43. The number of rotatable bonds is 4. The predicted molar refractivity (Wildman–Crippen MR) is 62.2 cm³/mol. The van der Waals surface area contributed by atoms with Gasteiger partial charge in [-0.25, -0.2) is 9.97 Å². The molecule has 0 fully saturated rings. The summed E-state index contributed by atoms with van der Waals surface area (Å²) in [6.07, 6.45) is 7.27. The van der Waals surface area contributed by atoms with Crippen LogP contribution in [-0.2, 0) is 6.54 Å². The third-order valence-corrected chi connectivity index (χ3v) is 2.43. The maximum atomic E-state index is 4.39. The molecule has 5 nitrogen and oxygen atoms in total. The van der Waals surface area contributed by atoms with Gasteiger partial charge in [-0.2, -0.15) is 0 Å². The molecule has 0 saturated carbocycles. The number of hydrogen-bond acceptors (Lipinski definition) is 4. The van der Waals surface area contributed by atoms with Gasteiger partial charge in [0.15, 0.2) is 0 Å². The summed E-state index contributed by atoms with van der Waals surface area (Å²) in [6.45, 7) is 5.60. The predicted octanol–water partition coefficient (Wildman–Crippen LogP) is 1.40. The molecule has 0 saturated heterocycles. The molecule has 0 bridgehead atoms. The van der Waals surface area contributed by atoms with Crippen LogP contribution in [0.15, 0.2) is 24.9 Å². The standard InChI is InChI=1S/C11H15N5/c1-9-10(2)15-11(7-14-9)13-4-6-16-5-3-12-8-16/h3,5,7-8H,4,6H2,1-2H3,(H,13,15). The summed E-state index contributed by atoms with van der Waals surface area (Å²) in [5.41, 5.74) is 1.94. The van der Waals surface area contributed by atoms with Crippen LogP contribution in [0, 0.1) is 13.8 Å². The van der Waals surface area contributed by atoms with E-state index in [1.54, 1.807) is 18.7 Å². The van der Waals surface area contributed by atoms with Crippen molar-refractivity contribution in [2.24, 2.45) is 0 Å². The van der Waals surface area contributed by atoms with E-state index in [1.807, 2.05) is 24.6 Å². The van der Waals surface area contributed by atoms with Crippen LogP contribution >= 0.6 is 0 Å². The van der Waals surface area contributed by atoms with Crippen LogP contribution in [-0.4, -0.2) is 26.1 Å². The highest BCUT2D eigenvalue weighted by atomic mass is 15.1. The number of anilines is 1. The zero-order valence-corrected chi connectivity index (χ0v) is 9.51. The minimum Gasteiger partial charge on any atom is -0.367 e. The van der Waals surface area contributed by atoms with E-state index < -0.39 is 0 Å². The number of nitrogens with one attached hydrogen (secondary N) is 1. The second kappa shape index (κ2) is 4.74. The zero-order chi connectivity index (χ0) is 11.4. The summed E-state index contributed by atoms with van der Waals surface area (Å²) >= 11 is 0. The van der Waals surface area contributed by atoms with E-state index in [1.165, 1.54) is 0 Å². The average molecular weight is 217 g/mol. The summed E-state index contributed by atoms with van der Waals surface area (Å²) in [7, 11) is 0. The fourth-order valence-electron chi connectivity index (χ4n) is 1.36. The van der Waals surface area contributed by atoms with Gasteiger partial charge in [0.25, 0.3) is 0 Å². The van der Waals surface area contributed by atoms with E-state index >= 15 is 0 Å². The lowest BCUT2D eigenvalue weighted by Crippen LogP contribution is -2.11. The van der Waals surface area contributed by atoms with Crippen molar-refractivity contribution < 1.29 is 0 Å². The van der Waals surface area contributed by atoms with Crippen LogP contribution in [0.4, 0.5) is 5.82 Å². The SMILES string of the molecule is Cc1ncc(NCCn2ccnc2)nc1C. The molecule has 2 aromatic heterocycles. The molecule has 0 radical (unpaired) electrons. The van der Waals surface area contributed by atoms with Gasteiger partial charge in [0, 0.05) is 25.5 Å². The molecular weight excluding hydrogens is 202 g/mol. The molecule has 0 aliphatic heterocycles. The van der Waals surface area contributed by atoms with E-state index in [0.29, 0.717) is 0 Å². The molecule has 2 rings (SSSR count). The number of imidazole rings is 1. The van der Waals surface area contributed by atoms with Crippen molar-refractivity contribution in [3.63, 3.8) is 0 Å². The highest BCUT2D eigenvalue weighted by Crippen LogP contribution is 2.05. The van der Waals surface area contributed by atoms with Crippen molar-refractivity contribution in [3.05, 3.63) is 36.3 Å². The Morgan fingerprint density at radius 1 is 1.31 bits per heavy atom. The van der Waals surface area contributed by atoms with Crippen LogP contribution in [0.5, 0.6) is 0 Å². The summed E-state index contributed by atoms with van der Waals surface area (Å²) in [5.74, 6) is 0.822. The Bertz CT molecular complexity index is 449. The van der Waals surface area contributed by atoms with E-state index in [9.17, 15) is 0 Å². The van der Waals surface area contributed by atoms with Crippen molar-refractivity contribution in [2.75, 3.05) is 11.9 Å². The molecule has 0 amide bonds. The maximum absolute atomic E-state index is 4.39. The molecule has 0 atom stereocenters. The summed E-state index contributed by atoms with van der Waals surface area (Å²) in [5, 5.41) is 3.23. The van der Waals surface area contributed by atoms with E-state index in [-0.39, 0.29) is 0 Å². The minimum absolute atomic E-state index is 0.813. The van der Waals surface area contributed by atoms with Gasteiger partial charge in [-0.05, 0) is 13.8 Å².